The van der Waals surface area contributed by atoms with Gasteiger partial charge in [0.1, 0.15) is 12.4 Å². The van der Waals surface area contributed by atoms with Gasteiger partial charge in [-0.1, -0.05) is 18.2 Å². The molecular weight excluding hydrogens is 342 g/mol. The highest BCUT2D eigenvalue weighted by Crippen LogP contribution is 2.21. The lowest BCUT2D eigenvalue weighted by Crippen LogP contribution is -2.46. The predicted octanol–water partition coefficient (Wildman–Crippen LogP) is 1.91. The molecule has 3 rings (SSSR count). The molecule has 6 nitrogen and oxygen atoms in total. The number of likely N-dealkylation sites (tertiary alicyclic amines) is 2. The van der Waals surface area contributed by atoms with Crippen molar-refractivity contribution in [3.05, 3.63) is 30.3 Å². The van der Waals surface area contributed by atoms with Crippen LogP contribution in [0.25, 0.3) is 0 Å². The van der Waals surface area contributed by atoms with E-state index in [4.69, 9.17) is 4.74 Å². The first-order valence-corrected chi connectivity index (χ1v) is 10.2. The Hall–Kier alpha value is -2.08. The summed E-state index contributed by atoms with van der Waals surface area (Å²) in [5, 5.41) is 2.91. The Labute approximate surface area is 161 Å². The van der Waals surface area contributed by atoms with Crippen LogP contribution in [0, 0.1) is 5.92 Å². The zero-order chi connectivity index (χ0) is 18.9. The van der Waals surface area contributed by atoms with Crippen molar-refractivity contribution in [3.8, 4) is 5.75 Å². The Morgan fingerprint density at radius 2 is 1.70 bits per heavy atom. The maximum atomic E-state index is 12.6. The van der Waals surface area contributed by atoms with Crippen LogP contribution < -0.4 is 10.1 Å². The molecule has 0 bridgehead atoms. The zero-order valence-electron chi connectivity index (χ0n) is 16.1. The van der Waals surface area contributed by atoms with E-state index in [1.165, 1.54) is 6.42 Å². The Bertz CT molecular complexity index is 594. The second-order valence-electron chi connectivity index (χ2n) is 7.45. The normalized spacial score (nSPS) is 18.9. The Morgan fingerprint density at radius 1 is 1.00 bits per heavy atom. The lowest BCUT2D eigenvalue weighted by atomic mass is 9.94. The summed E-state index contributed by atoms with van der Waals surface area (Å²) in [6, 6.07) is 9.59. The van der Waals surface area contributed by atoms with Gasteiger partial charge in [0, 0.05) is 19.0 Å². The van der Waals surface area contributed by atoms with Crippen molar-refractivity contribution < 1.29 is 14.3 Å². The van der Waals surface area contributed by atoms with E-state index in [1.807, 2.05) is 35.2 Å². The number of carbonyl (C=O) groups excluding carboxylic acids is 2. The lowest BCUT2D eigenvalue weighted by molar-refractivity contribution is -0.138. The summed E-state index contributed by atoms with van der Waals surface area (Å²) in [4.78, 5) is 28.9. The Kier molecular flexibility index (Phi) is 7.51. The number of benzene rings is 1. The van der Waals surface area contributed by atoms with E-state index >= 15 is 0 Å². The van der Waals surface area contributed by atoms with Gasteiger partial charge < -0.3 is 15.0 Å². The number of carbonyl (C=O) groups is 2. The third-order valence-electron chi connectivity index (χ3n) is 5.41. The SMILES string of the molecule is O=C(CN1CCC(C(=O)N2CCCCC2)CC1)NCCOc1ccccc1. The fourth-order valence-corrected chi connectivity index (χ4v) is 3.85. The predicted molar refractivity (Wildman–Crippen MR) is 105 cm³/mol. The van der Waals surface area contributed by atoms with Crippen molar-refractivity contribution in [1.29, 1.82) is 0 Å². The molecule has 0 saturated carbocycles. The van der Waals surface area contributed by atoms with Gasteiger partial charge in [-0.15, -0.1) is 0 Å². The van der Waals surface area contributed by atoms with Crippen LogP contribution in [0.3, 0.4) is 0 Å². The molecule has 2 aliphatic heterocycles. The molecule has 1 aromatic rings. The first kappa shape index (κ1) is 19.7. The van der Waals surface area contributed by atoms with Crippen LogP contribution in [0.15, 0.2) is 30.3 Å². The van der Waals surface area contributed by atoms with Crippen molar-refractivity contribution in [1.82, 2.24) is 15.1 Å². The van der Waals surface area contributed by atoms with E-state index in [1.54, 1.807) is 0 Å². The molecule has 1 N–H and O–H groups in total. The first-order valence-electron chi connectivity index (χ1n) is 10.2. The second kappa shape index (κ2) is 10.3. The van der Waals surface area contributed by atoms with E-state index in [9.17, 15) is 9.59 Å². The molecule has 27 heavy (non-hydrogen) atoms. The smallest absolute Gasteiger partial charge is 0.234 e. The monoisotopic (exact) mass is 373 g/mol. The lowest BCUT2D eigenvalue weighted by Gasteiger charge is -2.35. The molecule has 2 aliphatic rings. The highest BCUT2D eigenvalue weighted by molar-refractivity contribution is 5.79. The van der Waals surface area contributed by atoms with Gasteiger partial charge in [-0.05, 0) is 57.3 Å². The molecule has 0 atom stereocenters. The molecule has 0 aromatic heterocycles. The van der Waals surface area contributed by atoms with Crippen LogP contribution in [0.1, 0.15) is 32.1 Å². The minimum absolute atomic E-state index is 0.0208. The van der Waals surface area contributed by atoms with Crippen LogP contribution in [0.4, 0.5) is 0 Å². The van der Waals surface area contributed by atoms with Crippen LogP contribution in [-0.2, 0) is 9.59 Å². The number of hydrogen-bond acceptors (Lipinski definition) is 4. The van der Waals surface area contributed by atoms with Crippen molar-refractivity contribution in [2.75, 3.05) is 45.9 Å². The summed E-state index contributed by atoms with van der Waals surface area (Å²) in [6.45, 7) is 4.84. The van der Waals surface area contributed by atoms with Gasteiger partial charge in [-0.2, -0.15) is 0 Å². The molecule has 2 heterocycles. The van der Waals surface area contributed by atoms with E-state index in [0.29, 0.717) is 25.6 Å². The van der Waals surface area contributed by atoms with E-state index < -0.39 is 0 Å². The average Bonchev–Trinajstić information content (AvgIpc) is 2.73. The fourth-order valence-electron chi connectivity index (χ4n) is 3.85. The highest BCUT2D eigenvalue weighted by atomic mass is 16.5. The number of amides is 2. The number of nitrogens with zero attached hydrogens (tertiary/aromatic N) is 2. The minimum Gasteiger partial charge on any atom is -0.492 e. The number of rotatable bonds is 7. The number of hydrogen-bond donors (Lipinski definition) is 1. The molecule has 0 aliphatic carbocycles. The van der Waals surface area contributed by atoms with Crippen molar-refractivity contribution >= 4 is 11.8 Å². The van der Waals surface area contributed by atoms with Gasteiger partial charge in [-0.3, -0.25) is 14.5 Å². The molecule has 1 aromatic carbocycles. The van der Waals surface area contributed by atoms with Crippen molar-refractivity contribution in [2.24, 2.45) is 5.92 Å². The highest BCUT2D eigenvalue weighted by Gasteiger charge is 2.29. The number of piperidine rings is 2. The fraction of sp³-hybridized carbons (Fsp3) is 0.619. The number of para-hydroxylation sites is 1. The van der Waals surface area contributed by atoms with Gasteiger partial charge in [0.15, 0.2) is 0 Å². The molecule has 0 unspecified atom stereocenters. The van der Waals surface area contributed by atoms with Crippen LogP contribution in [0.5, 0.6) is 5.75 Å². The van der Waals surface area contributed by atoms with Crippen molar-refractivity contribution in [3.63, 3.8) is 0 Å². The summed E-state index contributed by atoms with van der Waals surface area (Å²) in [7, 11) is 0. The molecule has 2 amide bonds. The summed E-state index contributed by atoms with van der Waals surface area (Å²) < 4.78 is 5.57. The maximum absolute atomic E-state index is 12.6. The summed E-state index contributed by atoms with van der Waals surface area (Å²) >= 11 is 0. The van der Waals surface area contributed by atoms with Gasteiger partial charge in [0.2, 0.25) is 11.8 Å². The quantitative estimate of drug-likeness (QED) is 0.742. The minimum atomic E-state index is 0.0208. The Morgan fingerprint density at radius 3 is 2.41 bits per heavy atom. The Balaban J connectivity index is 1.29. The molecule has 6 heteroatoms. The third-order valence-corrected chi connectivity index (χ3v) is 5.41. The number of ether oxygens (including phenoxy) is 1. The third kappa shape index (κ3) is 6.24. The van der Waals surface area contributed by atoms with E-state index in [-0.39, 0.29) is 11.8 Å². The topological polar surface area (TPSA) is 61.9 Å². The van der Waals surface area contributed by atoms with Gasteiger partial charge in [0.25, 0.3) is 0 Å². The summed E-state index contributed by atoms with van der Waals surface area (Å²) in [5.41, 5.74) is 0. The van der Waals surface area contributed by atoms with Gasteiger partial charge in [-0.25, -0.2) is 0 Å². The van der Waals surface area contributed by atoms with Crippen LogP contribution in [-0.4, -0.2) is 67.5 Å². The molecule has 148 valence electrons. The summed E-state index contributed by atoms with van der Waals surface area (Å²) in [6.07, 6.45) is 5.24. The number of nitrogens with one attached hydrogen (secondary N) is 1. The van der Waals surface area contributed by atoms with Crippen molar-refractivity contribution in [2.45, 2.75) is 32.1 Å². The van der Waals surface area contributed by atoms with E-state index in [0.717, 1.165) is 57.6 Å². The summed E-state index contributed by atoms with van der Waals surface area (Å²) in [5.74, 6) is 1.30. The standard InChI is InChI=1S/C21H31N3O3/c25-20(22-11-16-27-19-7-3-1-4-8-19)17-23-14-9-18(10-15-23)21(26)24-12-5-2-6-13-24/h1,3-4,7-8,18H,2,5-6,9-17H2,(H,22,25). The maximum Gasteiger partial charge on any atom is 0.234 e. The molecule has 0 radical (unpaired) electrons. The van der Waals surface area contributed by atoms with Crippen LogP contribution in [0.2, 0.25) is 0 Å². The van der Waals surface area contributed by atoms with Crippen LogP contribution >= 0.6 is 0 Å². The molecular formula is C21H31N3O3. The largest absolute Gasteiger partial charge is 0.492 e. The van der Waals surface area contributed by atoms with Gasteiger partial charge in [0.05, 0.1) is 13.1 Å². The second-order valence-corrected chi connectivity index (χ2v) is 7.45. The molecule has 0 spiro atoms. The van der Waals surface area contributed by atoms with E-state index in [2.05, 4.69) is 10.2 Å². The molecule has 2 saturated heterocycles. The average molecular weight is 373 g/mol. The zero-order valence-corrected chi connectivity index (χ0v) is 16.1. The van der Waals surface area contributed by atoms with Gasteiger partial charge >= 0.3 is 0 Å². The first-order chi connectivity index (χ1) is 13.2. The molecule has 2 fully saturated rings.